The van der Waals surface area contributed by atoms with Crippen LogP contribution >= 0.6 is 0 Å². The third-order valence-corrected chi connectivity index (χ3v) is 5.67. The predicted octanol–water partition coefficient (Wildman–Crippen LogP) is 4.25. The minimum absolute atomic E-state index is 0.0581. The number of carbonyl (C=O) groups is 3. The number of fused-ring (bicyclic) bond motifs is 1. The topological polar surface area (TPSA) is 84.6 Å². The Morgan fingerprint density at radius 1 is 0.939 bits per heavy atom. The van der Waals surface area contributed by atoms with Crippen molar-refractivity contribution < 1.29 is 18.8 Å². The maximum atomic E-state index is 13.1. The van der Waals surface area contributed by atoms with Crippen LogP contribution in [0.4, 0.5) is 4.79 Å². The third-order valence-electron chi connectivity index (χ3n) is 5.67. The van der Waals surface area contributed by atoms with Crippen LogP contribution in [0, 0.1) is 6.92 Å². The van der Waals surface area contributed by atoms with Gasteiger partial charge in [-0.25, -0.2) is 4.79 Å². The maximum Gasteiger partial charge on any atom is 0.331 e. The normalized spacial score (nSPS) is 15.5. The van der Waals surface area contributed by atoms with Gasteiger partial charge in [0.1, 0.15) is 11.3 Å². The van der Waals surface area contributed by atoms with Gasteiger partial charge in [-0.05, 0) is 36.8 Å². The van der Waals surface area contributed by atoms with E-state index in [0.29, 0.717) is 12.3 Å². The first-order valence-electron chi connectivity index (χ1n) is 10.5. The zero-order valence-electron chi connectivity index (χ0n) is 17.9. The number of aromatic nitrogens is 1. The van der Waals surface area contributed by atoms with E-state index in [1.165, 1.54) is 11.8 Å². The van der Waals surface area contributed by atoms with Gasteiger partial charge in [0.25, 0.3) is 11.8 Å². The number of benzene rings is 2. The van der Waals surface area contributed by atoms with Gasteiger partial charge >= 0.3 is 6.03 Å². The molecule has 0 unspecified atom stereocenters. The average Bonchev–Trinajstić information content (AvgIpc) is 3.44. The van der Waals surface area contributed by atoms with Gasteiger partial charge in [-0.1, -0.05) is 48.0 Å². The summed E-state index contributed by atoms with van der Waals surface area (Å²) in [6.45, 7) is 2.63. The molecule has 0 radical (unpaired) electrons. The standard InChI is InChI=1S/C26H21N3O4/c1-17-8-10-18(11-9-17)14-28-15-19(21-6-2-3-7-23(21)28)13-22-24(30)27-26(32)29(25(22)31)16-20-5-4-12-33-20/h2-13,15H,14,16H2,1H3,(H,27,30,32). The van der Waals surface area contributed by atoms with E-state index in [-0.39, 0.29) is 12.1 Å². The van der Waals surface area contributed by atoms with Crippen molar-refractivity contribution in [1.29, 1.82) is 0 Å². The van der Waals surface area contributed by atoms with E-state index in [1.54, 1.807) is 18.2 Å². The Bertz CT molecular complexity index is 1400. The Balaban J connectivity index is 1.52. The van der Waals surface area contributed by atoms with Crippen LogP contribution in [0.2, 0.25) is 0 Å². The Hall–Kier alpha value is -4.39. The van der Waals surface area contributed by atoms with Crippen molar-refractivity contribution in [3.8, 4) is 0 Å². The highest BCUT2D eigenvalue weighted by molar-refractivity contribution is 6.31. The highest BCUT2D eigenvalue weighted by atomic mass is 16.3. The zero-order valence-corrected chi connectivity index (χ0v) is 17.9. The van der Waals surface area contributed by atoms with Gasteiger partial charge in [-0.3, -0.25) is 19.8 Å². The number of hydrogen-bond acceptors (Lipinski definition) is 4. The molecule has 4 amide bonds. The molecule has 7 nitrogen and oxygen atoms in total. The first-order chi connectivity index (χ1) is 16.0. The maximum absolute atomic E-state index is 13.1. The molecule has 5 rings (SSSR count). The minimum atomic E-state index is -0.764. The van der Waals surface area contributed by atoms with Crippen LogP contribution in [0.1, 0.15) is 22.5 Å². The highest BCUT2D eigenvalue weighted by Crippen LogP contribution is 2.26. The first kappa shape index (κ1) is 20.5. The summed E-state index contributed by atoms with van der Waals surface area (Å²) in [4.78, 5) is 38.9. The Morgan fingerprint density at radius 2 is 1.73 bits per heavy atom. The molecule has 2 aromatic heterocycles. The van der Waals surface area contributed by atoms with E-state index in [9.17, 15) is 14.4 Å². The Labute approximate surface area is 189 Å². The molecule has 3 heterocycles. The van der Waals surface area contributed by atoms with Gasteiger partial charge in [-0.2, -0.15) is 0 Å². The quantitative estimate of drug-likeness (QED) is 0.372. The number of nitrogens with zero attached hydrogens (tertiary/aromatic N) is 2. The number of nitrogens with one attached hydrogen (secondary N) is 1. The third kappa shape index (κ3) is 3.96. The zero-order chi connectivity index (χ0) is 22.9. The van der Waals surface area contributed by atoms with Gasteiger partial charge in [0.05, 0.1) is 12.8 Å². The van der Waals surface area contributed by atoms with Crippen molar-refractivity contribution in [1.82, 2.24) is 14.8 Å². The summed E-state index contributed by atoms with van der Waals surface area (Å²) in [6.07, 6.45) is 4.94. The molecule has 1 aliphatic heterocycles. The molecule has 1 N–H and O–H groups in total. The number of para-hydroxylation sites is 1. The molecule has 0 atom stereocenters. The van der Waals surface area contributed by atoms with Crippen LogP contribution < -0.4 is 5.32 Å². The van der Waals surface area contributed by atoms with E-state index >= 15 is 0 Å². The lowest BCUT2D eigenvalue weighted by molar-refractivity contribution is -0.130. The number of amides is 4. The van der Waals surface area contributed by atoms with Crippen molar-refractivity contribution in [3.05, 3.63) is 101 Å². The number of aryl methyl sites for hydroxylation is 1. The number of barbiturate groups is 1. The van der Waals surface area contributed by atoms with Gasteiger partial charge in [-0.15, -0.1) is 0 Å². The van der Waals surface area contributed by atoms with Crippen molar-refractivity contribution in [2.24, 2.45) is 0 Å². The van der Waals surface area contributed by atoms with Crippen LogP contribution in [0.15, 0.2) is 83.1 Å². The number of furan rings is 1. The summed E-state index contributed by atoms with van der Waals surface area (Å²) in [5, 5.41) is 3.16. The molecule has 164 valence electrons. The molecular weight excluding hydrogens is 418 g/mol. The summed E-state index contributed by atoms with van der Waals surface area (Å²) >= 11 is 0. The largest absolute Gasteiger partial charge is 0.467 e. The van der Waals surface area contributed by atoms with E-state index in [2.05, 4.69) is 34.1 Å². The van der Waals surface area contributed by atoms with Gasteiger partial charge in [0.2, 0.25) is 0 Å². The molecule has 1 aliphatic rings. The summed E-state index contributed by atoms with van der Waals surface area (Å²) in [5.74, 6) is -0.923. The van der Waals surface area contributed by atoms with E-state index in [1.807, 2.05) is 37.4 Å². The lowest BCUT2D eigenvalue weighted by atomic mass is 10.1. The number of urea groups is 1. The van der Waals surface area contributed by atoms with Gasteiger partial charge in [0.15, 0.2) is 0 Å². The second-order valence-electron chi connectivity index (χ2n) is 8.00. The lowest BCUT2D eigenvalue weighted by Crippen LogP contribution is -2.53. The summed E-state index contributed by atoms with van der Waals surface area (Å²) in [7, 11) is 0. The van der Waals surface area contributed by atoms with Crippen molar-refractivity contribution in [2.75, 3.05) is 0 Å². The summed E-state index contributed by atoms with van der Waals surface area (Å²) < 4.78 is 7.34. The molecule has 0 bridgehead atoms. The molecule has 0 saturated carbocycles. The molecule has 2 aromatic carbocycles. The van der Waals surface area contributed by atoms with Crippen LogP contribution in [0.5, 0.6) is 0 Å². The Kier molecular flexibility index (Phi) is 5.14. The second-order valence-corrected chi connectivity index (χ2v) is 8.00. The molecule has 1 fully saturated rings. The molecule has 4 aromatic rings. The minimum Gasteiger partial charge on any atom is -0.467 e. The predicted molar refractivity (Wildman–Crippen MR) is 123 cm³/mol. The fraction of sp³-hybridized carbons (Fsp3) is 0.115. The fourth-order valence-electron chi connectivity index (χ4n) is 3.96. The molecule has 1 saturated heterocycles. The summed E-state index contributed by atoms with van der Waals surface area (Å²) in [6, 6.07) is 18.7. The monoisotopic (exact) mass is 439 g/mol. The Morgan fingerprint density at radius 3 is 2.48 bits per heavy atom. The van der Waals surface area contributed by atoms with Crippen molar-refractivity contribution in [2.45, 2.75) is 20.0 Å². The van der Waals surface area contributed by atoms with Crippen molar-refractivity contribution in [3.63, 3.8) is 0 Å². The number of hydrogen-bond donors (Lipinski definition) is 1. The van der Waals surface area contributed by atoms with Crippen molar-refractivity contribution >= 4 is 34.8 Å². The summed E-state index contributed by atoms with van der Waals surface area (Å²) in [5.41, 5.74) is 3.94. The fourth-order valence-corrected chi connectivity index (χ4v) is 3.96. The van der Waals surface area contributed by atoms with E-state index in [4.69, 9.17) is 4.42 Å². The second kappa shape index (κ2) is 8.27. The number of carbonyl (C=O) groups excluding carboxylic acids is 3. The van der Waals surface area contributed by atoms with Crippen LogP contribution in [-0.2, 0) is 22.7 Å². The van der Waals surface area contributed by atoms with Gasteiger partial charge in [0, 0.05) is 29.2 Å². The molecule has 0 aliphatic carbocycles. The smallest absolute Gasteiger partial charge is 0.331 e. The van der Waals surface area contributed by atoms with E-state index < -0.39 is 17.8 Å². The molecular formula is C26H21N3O4. The van der Waals surface area contributed by atoms with Gasteiger partial charge < -0.3 is 8.98 Å². The van der Waals surface area contributed by atoms with E-state index in [0.717, 1.165) is 26.9 Å². The van der Waals surface area contributed by atoms with Crippen LogP contribution in [0.3, 0.4) is 0 Å². The van der Waals surface area contributed by atoms with Crippen LogP contribution in [0.25, 0.3) is 17.0 Å². The lowest BCUT2D eigenvalue weighted by Gasteiger charge is -2.25. The SMILES string of the molecule is Cc1ccc(Cn2cc(C=C3C(=O)NC(=O)N(Cc4ccco4)C3=O)c3ccccc32)cc1. The number of rotatable bonds is 5. The molecule has 0 spiro atoms. The highest BCUT2D eigenvalue weighted by Gasteiger charge is 2.36. The molecule has 7 heteroatoms. The first-order valence-corrected chi connectivity index (χ1v) is 10.5. The van der Waals surface area contributed by atoms with Crippen LogP contribution in [-0.4, -0.2) is 27.3 Å². The number of imide groups is 2. The molecule has 33 heavy (non-hydrogen) atoms. The average molecular weight is 439 g/mol.